The van der Waals surface area contributed by atoms with Crippen LogP contribution >= 0.6 is 0 Å². The van der Waals surface area contributed by atoms with Gasteiger partial charge in [-0.15, -0.1) is 0 Å². The molecule has 1 aromatic carbocycles. The number of nitrogens with zero attached hydrogens (tertiary/aromatic N) is 3. The van der Waals surface area contributed by atoms with E-state index in [4.69, 9.17) is 10.00 Å². The van der Waals surface area contributed by atoms with E-state index in [2.05, 4.69) is 10.2 Å². The van der Waals surface area contributed by atoms with E-state index >= 15 is 0 Å². The largest absolute Gasteiger partial charge is 0.379 e. The van der Waals surface area contributed by atoms with Gasteiger partial charge in [0.15, 0.2) is 0 Å². The lowest BCUT2D eigenvalue weighted by Gasteiger charge is -2.26. The molecule has 0 amide bonds. The zero-order valence-electron chi connectivity index (χ0n) is 11.7. The molecule has 1 saturated heterocycles. The molecule has 0 bridgehead atoms. The Hall–Kier alpha value is -2.17. The smallest absolute Gasteiger partial charge is 0.293 e. The molecule has 7 heteroatoms. The Balaban J connectivity index is 1.85. The van der Waals surface area contributed by atoms with Crippen LogP contribution in [0.2, 0.25) is 0 Å². The van der Waals surface area contributed by atoms with Gasteiger partial charge in [-0.2, -0.15) is 5.26 Å². The van der Waals surface area contributed by atoms with Gasteiger partial charge in [0.2, 0.25) is 0 Å². The molecule has 0 aliphatic carbocycles. The molecule has 21 heavy (non-hydrogen) atoms. The quantitative estimate of drug-likeness (QED) is 0.486. The summed E-state index contributed by atoms with van der Waals surface area (Å²) in [6.45, 7) is 5.03. The fraction of sp³-hybridized carbons (Fsp3) is 0.500. The van der Waals surface area contributed by atoms with Crippen molar-refractivity contribution in [1.29, 1.82) is 5.26 Å². The van der Waals surface area contributed by atoms with Crippen molar-refractivity contribution in [2.75, 3.05) is 44.7 Å². The average molecular weight is 290 g/mol. The number of morpholine rings is 1. The minimum absolute atomic E-state index is 0.0552. The Morgan fingerprint density at radius 3 is 2.86 bits per heavy atom. The van der Waals surface area contributed by atoms with Gasteiger partial charge in [0.1, 0.15) is 5.69 Å². The van der Waals surface area contributed by atoms with Gasteiger partial charge in [-0.3, -0.25) is 15.0 Å². The van der Waals surface area contributed by atoms with Crippen LogP contribution < -0.4 is 5.32 Å². The highest BCUT2D eigenvalue weighted by molar-refractivity contribution is 5.63. The summed E-state index contributed by atoms with van der Waals surface area (Å²) in [5.74, 6) is 0. The second-order valence-corrected chi connectivity index (χ2v) is 4.84. The Morgan fingerprint density at radius 1 is 1.43 bits per heavy atom. The summed E-state index contributed by atoms with van der Waals surface area (Å²) in [5, 5.41) is 22.9. The number of nitro groups is 1. The SMILES string of the molecule is N#Cc1ccc(NCCCN2CCOCC2)c([N+](=O)[O-])c1. The lowest BCUT2D eigenvalue weighted by Crippen LogP contribution is -2.37. The highest BCUT2D eigenvalue weighted by Gasteiger charge is 2.14. The highest BCUT2D eigenvalue weighted by Crippen LogP contribution is 2.25. The lowest BCUT2D eigenvalue weighted by atomic mass is 10.2. The molecule has 1 heterocycles. The number of nitro benzene ring substituents is 1. The molecular formula is C14H18N4O3. The van der Waals surface area contributed by atoms with Crippen LogP contribution in [0, 0.1) is 21.4 Å². The molecule has 0 spiro atoms. The van der Waals surface area contributed by atoms with Crippen LogP contribution in [0.15, 0.2) is 18.2 Å². The van der Waals surface area contributed by atoms with Crippen molar-refractivity contribution < 1.29 is 9.66 Å². The number of anilines is 1. The molecule has 0 unspecified atom stereocenters. The summed E-state index contributed by atoms with van der Waals surface area (Å²) in [5.41, 5.74) is 0.696. The molecule has 0 radical (unpaired) electrons. The minimum atomic E-state index is -0.467. The first-order valence-electron chi connectivity index (χ1n) is 6.93. The van der Waals surface area contributed by atoms with Crippen molar-refractivity contribution in [3.05, 3.63) is 33.9 Å². The number of benzene rings is 1. The molecule has 1 aromatic rings. The van der Waals surface area contributed by atoms with Gasteiger partial charge in [-0.25, -0.2) is 0 Å². The lowest BCUT2D eigenvalue weighted by molar-refractivity contribution is -0.384. The van der Waals surface area contributed by atoms with Crippen molar-refractivity contribution in [3.8, 4) is 6.07 Å². The van der Waals surface area contributed by atoms with Crippen LogP contribution in [0.4, 0.5) is 11.4 Å². The van der Waals surface area contributed by atoms with Crippen LogP contribution in [-0.2, 0) is 4.74 Å². The summed E-state index contributed by atoms with van der Waals surface area (Å²) in [4.78, 5) is 12.9. The van der Waals surface area contributed by atoms with E-state index in [9.17, 15) is 10.1 Å². The van der Waals surface area contributed by atoms with Crippen LogP contribution in [0.5, 0.6) is 0 Å². The molecule has 0 saturated carbocycles. The number of nitriles is 1. The summed E-state index contributed by atoms with van der Waals surface area (Å²) < 4.78 is 5.28. The van der Waals surface area contributed by atoms with E-state index in [0.29, 0.717) is 17.8 Å². The fourth-order valence-electron chi connectivity index (χ4n) is 2.25. The second kappa shape index (κ2) is 7.57. The van der Waals surface area contributed by atoms with Crippen LogP contribution in [-0.4, -0.2) is 49.2 Å². The first-order valence-corrected chi connectivity index (χ1v) is 6.93. The maximum absolute atomic E-state index is 11.0. The Bertz CT molecular complexity index is 536. The predicted molar refractivity (Wildman–Crippen MR) is 78.2 cm³/mol. The zero-order valence-corrected chi connectivity index (χ0v) is 11.7. The van der Waals surface area contributed by atoms with Crippen molar-refractivity contribution in [3.63, 3.8) is 0 Å². The third-order valence-electron chi connectivity index (χ3n) is 3.39. The summed E-state index contributed by atoms with van der Waals surface area (Å²) in [6, 6.07) is 6.37. The van der Waals surface area contributed by atoms with E-state index in [1.807, 2.05) is 6.07 Å². The van der Waals surface area contributed by atoms with Gasteiger partial charge in [0.25, 0.3) is 5.69 Å². The Morgan fingerprint density at radius 2 is 2.19 bits per heavy atom. The van der Waals surface area contributed by atoms with E-state index < -0.39 is 4.92 Å². The van der Waals surface area contributed by atoms with Crippen molar-refractivity contribution in [1.82, 2.24) is 4.90 Å². The maximum atomic E-state index is 11.0. The van der Waals surface area contributed by atoms with Crippen LogP contribution in [0.3, 0.4) is 0 Å². The second-order valence-electron chi connectivity index (χ2n) is 4.84. The van der Waals surface area contributed by atoms with Crippen molar-refractivity contribution in [2.24, 2.45) is 0 Å². The first kappa shape index (κ1) is 15.2. The molecule has 7 nitrogen and oxygen atoms in total. The number of hydrogen-bond donors (Lipinski definition) is 1. The molecule has 0 atom stereocenters. The van der Waals surface area contributed by atoms with E-state index in [1.165, 1.54) is 6.07 Å². The third-order valence-corrected chi connectivity index (χ3v) is 3.39. The number of rotatable bonds is 6. The number of nitrogens with one attached hydrogen (secondary N) is 1. The highest BCUT2D eigenvalue weighted by atomic mass is 16.6. The van der Waals surface area contributed by atoms with Gasteiger partial charge in [0, 0.05) is 25.7 Å². The van der Waals surface area contributed by atoms with Gasteiger partial charge in [-0.05, 0) is 25.1 Å². The Kier molecular flexibility index (Phi) is 5.49. The van der Waals surface area contributed by atoms with Gasteiger partial charge in [0.05, 0.1) is 29.8 Å². The fourth-order valence-corrected chi connectivity index (χ4v) is 2.25. The van der Waals surface area contributed by atoms with Crippen LogP contribution in [0.25, 0.3) is 0 Å². The number of hydrogen-bond acceptors (Lipinski definition) is 6. The number of ether oxygens (including phenoxy) is 1. The van der Waals surface area contributed by atoms with E-state index in [0.717, 1.165) is 39.3 Å². The molecule has 1 aliphatic heterocycles. The van der Waals surface area contributed by atoms with Gasteiger partial charge >= 0.3 is 0 Å². The normalized spacial score (nSPS) is 15.4. The molecule has 1 N–H and O–H groups in total. The molecule has 2 rings (SSSR count). The monoisotopic (exact) mass is 290 g/mol. The molecule has 112 valence electrons. The third kappa shape index (κ3) is 4.41. The average Bonchev–Trinajstić information content (AvgIpc) is 2.52. The zero-order chi connectivity index (χ0) is 15.1. The van der Waals surface area contributed by atoms with E-state index in [-0.39, 0.29) is 5.69 Å². The van der Waals surface area contributed by atoms with Crippen LogP contribution in [0.1, 0.15) is 12.0 Å². The topological polar surface area (TPSA) is 91.4 Å². The van der Waals surface area contributed by atoms with Gasteiger partial charge < -0.3 is 10.1 Å². The summed E-state index contributed by atoms with van der Waals surface area (Å²) >= 11 is 0. The first-order chi connectivity index (χ1) is 10.2. The summed E-state index contributed by atoms with van der Waals surface area (Å²) in [6.07, 6.45) is 0.900. The Labute approximate surface area is 123 Å². The molecular weight excluding hydrogens is 272 g/mol. The van der Waals surface area contributed by atoms with E-state index in [1.54, 1.807) is 12.1 Å². The predicted octanol–water partition coefficient (Wildman–Crippen LogP) is 1.60. The molecule has 1 fully saturated rings. The van der Waals surface area contributed by atoms with Crippen molar-refractivity contribution >= 4 is 11.4 Å². The standard InChI is InChI=1S/C14H18N4O3/c15-11-12-2-3-13(14(10-12)18(19)20)16-4-1-5-17-6-8-21-9-7-17/h2-3,10,16H,1,4-9H2. The van der Waals surface area contributed by atoms with Crippen molar-refractivity contribution in [2.45, 2.75) is 6.42 Å². The molecule has 0 aromatic heterocycles. The minimum Gasteiger partial charge on any atom is -0.379 e. The molecule has 1 aliphatic rings. The maximum Gasteiger partial charge on any atom is 0.293 e. The summed E-state index contributed by atoms with van der Waals surface area (Å²) in [7, 11) is 0. The van der Waals surface area contributed by atoms with Gasteiger partial charge in [-0.1, -0.05) is 0 Å².